The van der Waals surface area contributed by atoms with Crippen molar-refractivity contribution in [2.75, 3.05) is 12.4 Å². The summed E-state index contributed by atoms with van der Waals surface area (Å²) in [6.45, 7) is 0.589. The molecule has 0 aliphatic rings. The Morgan fingerprint density at radius 2 is 2.00 bits per heavy atom. The lowest BCUT2D eigenvalue weighted by molar-refractivity contribution is 0.397. The second-order valence-electron chi connectivity index (χ2n) is 4.82. The van der Waals surface area contributed by atoms with Crippen LogP contribution in [-0.4, -0.2) is 26.9 Å². The van der Waals surface area contributed by atoms with Crippen molar-refractivity contribution in [2.45, 2.75) is 6.54 Å². The van der Waals surface area contributed by atoms with Gasteiger partial charge in [0.2, 0.25) is 11.8 Å². The molecule has 0 amide bonds. The minimum Gasteiger partial charge on any atom is -0.481 e. The highest BCUT2D eigenvalue weighted by Gasteiger charge is 2.10. The highest BCUT2D eigenvalue weighted by molar-refractivity contribution is 5.62. The van der Waals surface area contributed by atoms with E-state index >= 15 is 0 Å². The molecule has 0 spiro atoms. The molecule has 3 rings (SSSR count). The second-order valence-corrected chi connectivity index (χ2v) is 4.82. The number of nitrogens with zero attached hydrogens (tertiary/aromatic N) is 4. The van der Waals surface area contributed by atoms with Crippen molar-refractivity contribution in [2.24, 2.45) is 7.05 Å². The molecule has 0 aliphatic carbocycles. The van der Waals surface area contributed by atoms with E-state index in [4.69, 9.17) is 4.74 Å². The third kappa shape index (κ3) is 3.06. The van der Waals surface area contributed by atoms with Gasteiger partial charge in [-0.15, -0.1) is 0 Å². The quantitative estimate of drug-likeness (QED) is 0.783. The van der Waals surface area contributed by atoms with E-state index in [0.717, 1.165) is 16.8 Å². The number of methoxy groups -OCH3 is 1. The van der Waals surface area contributed by atoms with Crippen LogP contribution in [0.2, 0.25) is 0 Å². The number of aromatic nitrogens is 4. The fourth-order valence-corrected chi connectivity index (χ4v) is 2.22. The zero-order valence-corrected chi connectivity index (χ0v) is 12.5. The molecule has 0 fully saturated rings. The van der Waals surface area contributed by atoms with Gasteiger partial charge in [0.15, 0.2) is 0 Å². The number of rotatable bonds is 5. The van der Waals surface area contributed by atoms with Gasteiger partial charge in [-0.05, 0) is 0 Å². The maximum Gasteiger partial charge on any atom is 0.226 e. The maximum atomic E-state index is 5.10. The molecule has 0 aliphatic heterocycles. The van der Waals surface area contributed by atoms with E-state index in [1.54, 1.807) is 19.4 Å². The predicted octanol–water partition coefficient (Wildman–Crippen LogP) is 2.50. The van der Waals surface area contributed by atoms with Crippen molar-refractivity contribution >= 4 is 5.95 Å². The summed E-state index contributed by atoms with van der Waals surface area (Å²) in [4.78, 5) is 8.43. The van der Waals surface area contributed by atoms with Gasteiger partial charge in [-0.2, -0.15) is 10.1 Å². The summed E-state index contributed by atoms with van der Waals surface area (Å²) in [5.41, 5.74) is 3.13. The van der Waals surface area contributed by atoms with Gasteiger partial charge in [-0.1, -0.05) is 30.3 Å². The fraction of sp³-hybridized carbons (Fsp3) is 0.188. The number of nitrogens with one attached hydrogen (secondary N) is 1. The summed E-state index contributed by atoms with van der Waals surface area (Å²) >= 11 is 0. The minimum atomic E-state index is 0.530. The monoisotopic (exact) mass is 295 g/mol. The van der Waals surface area contributed by atoms with Crippen molar-refractivity contribution in [1.82, 2.24) is 19.7 Å². The molecule has 1 aromatic carbocycles. The summed E-state index contributed by atoms with van der Waals surface area (Å²) in [5.74, 6) is 1.06. The molecule has 2 heterocycles. The third-order valence-electron chi connectivity index (χ3n) is 3.23. The lowest BCUT2D eigenvalue weighted by Crippen LogP contribution is -2.04. The number of anilines is 1. The Bertz CT molecular complexity index is 754. The summed E-state index contributed by atoms with van der Waals surface area (Å²) in [7, 11) is 3.50. The molecule has 6 heteroatoms. The molecule has 6 nitrogen and oxygen atoms in total. The summed E-state index contributed by atoms with van der Waals surface area (Å²) in [5, 5.41) is 7.74. The van der Waals surface area contributed by atoms with Crippen molar-refractivity contribution in [1.29, 1.82) is 0 Å². The van der Waals surface area contributed by atoms with E-state index in [0.29, 0.717) is 18.4 Å². The number of ether oxygens (including phenoxy) is 1. The van der Waals surface area contributed by atoms with E-state index < -0.39 is 0 Å². The molecule has 0 unspecified atom stereocenters. The normalized spacial score (nSPS) is 10.5. The minimum absolute atomic E-state index is 0.530. The van der Waals surface area contributed by atoms with Gasteiger partial charge in [-0.25, -0.2) is 4.98 Å². The van der Waals surface area contributed by atoms with Gasteiger partial charge < -0.3 is 10.1 Å². The first-order chi connectivity index (χ1) is 10.8. The van der Waals surface area contributed by atoms with Gasteiger partial charge >= 0.3 is 0 Å². The highest BCUT2D eigenvalue weighted by Crippen LogP contribution is 2.22. The van der Waals surface area contributed by atoms with Crippen LogP contribution in [0.25, 0.3) is 11.3 Å². The predicted molar refractivity (Wildman–Crippen MR) is 84.6 cm³/mol. The fourth-order valence-electron chi connectivity index (χ4n) is 2.22. The number of hydrogen-bond donors (Lipinski definition) is 1. The van der Waals surface area contributed by atoms with Crippen LogP contribution < -0.4 is 10.1 Å². The molecule has 0 saturated carbocycles. The SMILES string of the molecule is COc1ccnc(NCc2cn(C)nc2-c2ccccc2)n1. The first-order valence-corrected chi connectivity index (χ1v) is 6.95. The van der Waals surface area contributed by atoms with Gasteiger partial charge in [0.1, 0.15) is 0 Å². The average molecular weight is 295 g/mol. The van der Waals surface area contributed by atoms with Crippen LogP contribution in [0, 0.1) is 0 Å². The Kier molecular flexibility index (Phi) is 4.00. The van der Waals surface area contributed by atoms with Crippen molar-refractivity contribution < 1.29 is 4.74 Å². The first-order valence-electron chi connectivity index (χ1n) is 6.95. The lowest BCUT2D eigenvalue weighted by Gasteiger charge is -2.06. The van der Waals surface area contributed by atoms with Crippen LogP contribution in [0.5, 0.6) is 5.88 Å². The Hall–Kier alpha value is -2.89. The number of benzene rings is 1. The van der Waals surface area contributed by atoms with Gasteiger partial charge in [0.05, 0.1) is 12.8 Å². The zero-order chi connectivity index (χ0) is 15.4. The Morgan fingerprint density at radius 3 is 2.77 bits per heavy atom. The third-order valence-corrected chi connectivity index (χ3v) is 3.23. The molecule has 0 radical (unpaired) electrons. The maximum absolute atomic E-state index is 5.10. The average Bonchev–Trinajstić information content (AvgIpc) is 2.95. The first kappa shape index (κ1) is 14.1. The molecular weight excluding hydrogens is 278 g/mol. The Labute approximate surface area is 128 Å². The van der Waals surface area contributed by atoms with E-state index in [2.05, 4.69) is 20.4 Å². The van der Waals surface area contributed by atoms with Crippen LogP contribution in [-0.2, 0) is 13.6 Å². The second kappa shape index (κ2) is 6.26. The van der Waals surface area contributed by atoms with E-state index in [1.807, 2.05) is 48.3 Å². The van der Waals surface area contributed by atoms with Crippen LogP contribution >= 0.6 is 0 Å². The smallest absolute Gasteiger partial charge is 0.226 e. The van der Waals surface area contributed by atoms with E-state index in [-0.39, 0.29) is 0 Å². The molecule has 2 aromatic heterocycles. The van der Waals surface area contributed by atoms with E-state index in [1.165, 1.54) is 0 Å². The molecule has 112 valence electrons. The molecule has 22 heavy (non-hydrogen) atoms. The standard InChI is InChI=1S/C16H17N5O/c1-21-11-13(15(20-21)12-6-4-3-5-7-12)10-18-16-17-9-8-14(19-16)22-2/h3-9,11H,10H2,1-2H3,(H,17,18,19). The topological polar surface area (TPSA) is 64.9 Å². The zero-order valence-electron chi connectivity index (χ0n) is 12.5. The summed E-state index contributed by atoms with van der Waals surface area (Å²) in [6.07, 6.45) is 3.66. The summed E-state index contributed by atoms with van der Waals surface area (Å²) in [6, 6.07) is 11.8. The van der Waals surface area contributed by atoms with Gasteiger partial charge in [0, 0.05) is 43.2 Å². The molecule has 0 bridgehead atoms. The van der Waals surface area contributed by atoms with E-state index in [9.17, 15) is 0 Å². The highest BCUT2D eigenvalue weighted by atomic mass is 16.5. The molecular formula is C16H17N5O. The van der Waals surface area contributed by atoms with Crippen LogP contribution in [0.4, 0.5) is 5.95 Å². The largest absolute Gasteiger partial charge is 0.481 e. The summed E-state index contributed by atoms with van der Waals surface area (Å²) < 4.78 is 6.91. The van der Waals surface area contributed by atoms with Crippen molar-refractivity contribution in [3.8, 4) is 17.1 Å². The Balaban J connectivity index is 1.81. The molecule has 0 saturated heterocycles. The molecule has 1 N–H and O–H groups in total. The van der Waals surface area contributed by atoms with Crippen LogP contribution in [0.15, 0.2) is 48.8 Å². The van der Waals surface area contributed by atoms with Gasteiger partial charge in [0.25, 0.3) is 0 Å². The van der Waals surface area contributed by atoms with Crippen LogP contribution in [0.1, 0.15) is 5.56 Å². The molecule has 0 atom stereocenters. The number of aryl methyl sites for hydroxylation is 1. The Morgan fingerprint density at radius 1 is 1.18 bits per heavy atom. The van der Waals surface area contributed by atoms with Crippen molar-refractivity contribution in [3.63, 3.8) is 0 Å². The molecule has 3 aromatic rings. The van der Waals surface area contributed by atoms with Crippen LogP contribution in [0.3, 0.4) is 0 Å². The van der Waals surface area contributed by atoms with Crippen molar-refractivity contribution in [3.05, 3.63) is 54.4 Å². The van der Waals surface area contributed by atoms with Gasteiger partial charge in [-0.3, -0.25) is 4.68 Å². The lowest BCUT2D eigenvalue weighted by atomic mass is 10.1. The number of hydrogen-bond acceptors (Lipinski definition) is 5.